The van der Waals surface area contributed by atoms with E-state index in [1.807, 2.05) is 18.7 Å². The van der Waals surface area contributed by atoms with Crippen LogP contribution in [0.25, 0.3) is 0 Å². The Morgan fingerprint density at radius 1 is 1.26 bits per heavy atom. The monoisotopic (exact) mass is 307 g/mol. The lowest BCUT2D eigenvalue weighted by Gasteiger charge is -2.30. The molecule has 1 aromatic carbocycles. The van der Waals surface area contributed by atoms with E-state index in [2.05, 4.69) is 5.32 Å². The minimum atomic E-state index is -1.38. The second kappa shape index (κ2) is 6.90. The third kappa shape index (κ3) is 3.41. The van der Waals surface area contributed by atoms with Gasteiger partial charge < -0.3 is 5.32 Å². The van der Waals surface area contributed by atoms with Crippen molar-refractivity contribution in [2.75, 3.05) is 23.8 Å². The maximum absolute atomic E-state index is 13.9. The van der Waals surface area contributed by atoms with Crippen LogP contribution in [0.3, 0.4) is 0 Å². The molecule has 1 fully saturated rings. The quantitative estimate of drug-likeness (QED) is 0.854. The van der Waals surface area contributed by atoms with Crippen LogP contribution >= 0.6 is 23.5 Å². The Morgan fingerprint density at radius 2 is 2.05 bits per heavy atom. The standard InChI is InChI=1S/C13H16F3NS2/c1-2-17-13(10-7-18-5-6-19-10)8-3-4-9(14)12(16)11(8)15/h3-4,10,13,17H,2,5-7H2,1H3. The Bertz CT molecular complexity index is 436. The summed E-state index contributed by atoms with van der Waals surface area (Å²) < 4.78 is 40.3. The van der Waals surface area contributed by atoms with E-state index in [0.29, 0.717) is 6.54 Å². The smallest absolute Gasteiger partial charge is 0.194 e. The van der Waals surface area contributed by atoms with E-state index in [1.54, 1.807) is 11.8 Å². The first-order valence-corrected chi connectivity index (χ1v) is 8.41. The van der Waals surface area contributed by atoms with Gasteiger partial charge in [0.2, 0.25) is 0 Å². The summed E-state index contributed by atoms with van der Waals surface area (Å²) in [5.41, 5.74) is 0.223. The average molecular weight is 307 g/mol. The topological polar surface area (TPSA) is 12.0 Å². The van der Waals surface area contributed by atoms with Crippen LogP contribution in [0, 0.1) is 17.5 Å². The van der Waals surface area contributed by atoms with Crippen LogP contribution in [-0.4, -0.2) is 29.1 Å². The summed E-state index contributed by atoms with van der Waals surface area (Å²) in [7, 11) is 0. The fourth-order valence-corrected chi connectivity index (χ4v) is 5.00. The van der Waals surface area contributed by atoms with Gasteiger partial charge in [-0.15, -0.1) is 0 Å². The molecule has 2 unspecified atom stereocenters. The minimum absolute atomic E-state index is 0.179. The molecule has 6 heteroatoms. The largest absolute Gasteiger partial charge is 0.309 e. The van der Waals surface area contributed by atoms with Crippen molar-refractivity contribution in [3.8, 4) is 0 Å². The van der Waals surface area contributed by atoms with Gasteiger partial charge in [-0.3, -0.25) is 0 Å². The summed E-state index contributed by atoms with van der Waals surface area (Å²) in [6.07, 6.45) is 0. The van der Waals surface area contributed by atoms with Crippen LogP contribution in [0.15, 0.2) is 12.1 Å². The predicted octanol–water partition coefficient (Wildman–Crippen LogP) is 3.60. The molecule has 1 saturated heterocycles. The van der Waals surface area contributed by atoms with E-state index in [9.17, 15) is 13.2 Å². The molecule has 1 N–H and O–H groups in total. The molecule has 0 bridgehead atoms. The SMILES string of the molecule is CCNC(c1ccc(F)c(F)c1F)C1CSCCS1. The van der Waals surface area contributed by atoms with Crippen molar-refractivity contribution in [2.24, 2.45) is 0 Å². The van der Waals surface area contributed by atoms with E-state index in [1.165, 1.54) is 6.07 Å². The lowest BCUT2D eigenvalue weighted by atomic mass is 10.0. The van der Waals surface area contributed by atoms with E-state index in [-0.39, 0.29) is 16.9 Å². The second-order valence-electron chi connectivity index (χ2n) is 4.28. The summed E-state index contributed by atoms with van der Waals surface area (Å²) in [4.78, 5) is 0. The van der Waals surface area contributed by atoms with Crippen LogP contribution in [0.4, 0.5) is 13.2 Å². The number of hydrogen-bond donors (Lipinski definition) is 1. The van der Waals surface area contributed by atoms with E-state index in [4.69, 9.17) is 0 Å². The summed E-state index contributed by atoms with van der Waals surface area (Å²) in [6.45, 7) is 2.58. The molecule has 1 nitrogen and oxygen atoms in total. The molecule has 0 amide bonds. The molecular formula is C13H16F3NS2. The third-order valence-corrected chi connectivity index (χ3v) is 5.90. The van der Waals surface area contributed by atoms with Gasteiger partial charge in [0.15, 0.2) is 17.5 Å². The number of rotatable bonds is 4. The molecule has 2 atom stereocenters. The van der Waals surface area contributed by atoms with Gasteiger partial charge in [0.1, 0.15) is 0 Å². The number of nitrogens with one attached hydrogen (secondary N) is 1. The minimum Gasteiger partial charge on any atom is -0.309 e. The van der Waals surface area contributed by atoms with E-state index in [0.717, 1.165) is 23.3 Å². The normalized spacial score (nSPS) is 21.4. The third-order valence-electron chi connectivity index (χ3n) is 3.04. The van der Waals surface area contributed by atoms with Crippen molar-refractivity contribution >= 4 is 23.5 Å². The van der Waals surface area contributed by atoms with Gasteiger partial charge in [-0.05, 0) is 12.6 Å². The Hall–Kier alpha value is -0.330. The number of benzene rings is 1. The van der Waals surface area contributed by atoms with Crippen molar-refractivity contribution < 1.29 is 13.2 Å². The molecule has 0 spiro atoms. The van der Waals surface area contributed by atoms with Crippen molar-refractivity contribution in [2.45, 2.75) is 18.2 Å². The molecule has 0 aromatic heterocycles. The predicted molar refractivity (Wildman–Crippen MR) is 76.3 cm³/mol. The molecule has 19 heavy (non-hydrogen) atoms. The lowest BCUT2D eigenvalue weighted by Crippen LogP contribution is -2.34. The van der Waals surface area contributed by atoms with Gasteiger partial charge in [0.25, 0.3) is 0 Å². The van der Waals surface area contributed by atoms with Crippen molar-refractivity contribution in [3.63, 3.8) is 0 Å². The lowest BCUT2D eigenvalue weighted by molar-refractivity contribution is 0.425. The van der Waals surface area contributed by atoms with Crippen LogP contribution in [-0.2, 0) is 0 Å². The van der Waals surface area contributed by atoms with Crippen LogP contribution in [0.1, 0.15) is 18.5 Å². The van der Waals surface area contributed by atoms with Gasteiger partial charge >= 0.3 is 0 Å². The molecule has 1 heterocycles. The highest BCUT2D eigenvalue weighted by Crippen LogP contribution is 2.35. The highest BCUT2D eigenvalue weighted by Gasteiger charge is 2.29. The maximum atomic E-state index is 13.9. The fourth-order valence-electron chi connectivity index (χ4n) is 2.14. The number of thioether (sulfide) groups is 2. The molecule has 2 rings (SSSR count). The second-order valence-corrected chi connectivity index (χ2v) is 6.78. The number of hydrogen-bond acceptors (Lipinski definition) is 3. The van der Waals surface area contributed by atoms with Crippen LogP contribution in [0.5, 0.6) is 0 Å². The van der Waals surface area contributed by atoms with Crippen LogP contribution < -0.4 is 5.32 Å². The zero-order chi connectivity index (χ0) is 13.8. The Morgan fingerprint density at radius 3 is 2.68 bits per heavy atom. The Balaban J connectivity index is 2.30. The molecule has 0 saturated carbocycles. The molecule has 0 aliphatic carbocycles. The van der Waals surface area contributed by atoms with E-state index >= 15 is 0 Å². The molecule has 106 valence electrons. The molecule has 0 radical (unpaired) electrons. The Kier molecular flexibility index (Phi) is 5.47. The van der Waals surface area contributed by atoms with Crippen molar-refractivity contribution in [1.82, 2.24) is 5.32 Å². The summed E-state index contributed by atoms with van der Waals surface area (Å²) in [6, 6.07) is 2.07. The summed E-state index contributed by atoms with van der Waals surface area (Å²) in [5.74, 6) is -0.609. The van der Waals surface area contributed by atoms with Gasteiger partial charge in [-0.1, -0.05) is 13.0 Å². The van der Waals surface area contributed by atoms with Crippen LogP contribution in [0.2, 0.25) is 0 Å². The first-order chi connectivity index (χ1) is 9.15. The first-order valence-electron chi connectivity index (χ1n) is 6.21. The molecule has 1 aliphatic rings. The molecule has 1 aliphatic heterocycles. The average Bonchev–Trinajstić information content (AvgIpc) is 2.44. The van der Waals surface area contributed by atoms with Gasteiger partial charge in [0.05, 0.1) is 0 Å². The zero-order valence-electron chi connectivity index (χ0n) is 10.6. The van der Waals surface area contributed by atoms with Gasteiger partial charge in [-0.2, -0.15) is 23.5 Å². The molecular weight excluding hydrogens is 291 g/mol. The number of halogens is 3. The highest BCUT2D eigenvalue weighted by atomic mass is 32.2. The highest BCUT2D eigenvalue weighted by molar-refractivity contribution is 8.06. The Labute approximate surface area is 119 Å². The van der Waals surface area contributed by atoms with Crippen molar-refractivity contribution in [1.29, 1.82) is 0 Å². The van der Waals surface area contributed by atoms with E-state index < -0.39 is 17.5 Å². The summed E-state index contributed by atoms with van der Waals surface area (Å²) >= 11 is 3.57. The summed E-state index contributed by atoms with van der Waals surface area (Å²) in [5, 5.41) is 3.37. The molecule has 1 aromatic rings. The zero-order valence-corrected chi connectivity index (χ0v) is 12.2. The van der Waals surface area contributed by atoms with Crippen molar-refractivity contribution in [3.05, 3.63) is 35.1 Å². The first kappa shape index (κ1) is 15.1. The van der Waals surface area contributed by atoms with Gasteiger partial charge in [-0.25, -0.2) is 13.2 Å². The fraction of sp³-hybridized carbons (Fsp3) is 0.538. The van der Waals surface area contributed by atoms with Gasteiger partial charge in [0, 0.05) is 34.1 Å². The maximum Gasteiger partial charge on any atom is 0.194 e.